The van der Waals surface area contributed by atoms with Gasteiger partial charge in [-0.25, -0.2) is 9.97 Å². The van der Waals surface area contributed by atoms with Gasteiger partial charge in [0.15, 0.2) is 11.5 Å². The molecule has 0 saturated carbocycles. The zero-order valence-corrected chi connectivity index (χ0v) is 8.28. The molecule has 0 aliphatic rings. The lowest BCUT2D eigenvalue weighted by atomic mass is 10.2. The van der Waals surface area contributed by atoms with Gasteiger partial charge in [0.25, 0.3) is 0 Å². The van der Waals surface area contributed by atoms with Gasteiger partial charge in [0, 0.05) is 24.2 Å². The number of fused-ring (bicyclic) bond motifs is 1. The van der Waals surface area contributed by atoms with E-state index in [1.54, 1.807) is 42.9 Å². The van der Waals surface area contributed by atoms with Crippen molar-refractivity contribution in [3.8, 4) is 11.4 Å². The molecule has 3 heterocycles. The summed E-state index contributed by atoms with van der Waals surface area (Å²) >= 11 is 0. The van der Waals surface area contributed by atoms with Crippen LogP contribution in [-0.4, -0.2) is 24.9 Å². The molecule has 0 spiro atoms. The first-order chi connectivity index (χ1) is 7.86. The maximum Gasteiger partial charge on any atom is 0.181 e. The van der Waals surface area contributed by atoms with Crippen LogP contribution in [0, 0.1) is 0 Å². The van der Waals surface area contributed by atoms with Crippen LogP contribution in [-0.2, 0) is 0 Å². The molecular weight excluding hydrogens is 204 g/mol. The topological polar surface area (TPSA) is 63.8 Å². The quantitative estimate of drug-likeness (QED) is 0.624. The number of rotatable bonds is 1. The normalized spacial score (nSPS) is 10.8. The number of hydrogen-bond donors (Lipinski definition) is 1. The van der Waals surface area contributed by atoms with E-state index in [9.17, 15) is 5.21 Å². The van der Waals surface area contributed by atoms with Gasteiger partial charge in [-0.3, -0.25) is 4.98 Å². The van der Waals surface area contributed by atoms with Crippen LogP contribution >= 0.6 is 0 Å². The van der Waals surface area contributed by atoms with Gasteiger partial charge in [-0.2, -0.15) is 4.73 Å². The highest BCUT2D eigenvalue weighted by Gasteiger charge is 2.11. The van der Waals surface area contributed by atoms with Gasteiger partial charge in [-0.05, 0) is 24.3 Å². The molecule has 0 fully saturated rings. The van der Waals surface area contributed by atoms with Crippen molar-refractivity contribution in [3.05, 3.63) is 42.9 Å². The first-order valence-electron chi connectivity index (χ1n) is 4.79. The van der Waals surface area contributed by atoms with E-state index < -0.39 is 0 Å². The largest absolute Gasteiger partial charge is 0.426 e. The molecule has 3 aromatic rings. The highest BCUT2D eigenvalue weighted by molar-refractivity contribution is 5.76. The third-order valence-corrected chi connectivity index (χ3v) is 2.35. The fourth-order valence-corrected chi connectivity index (χ4v) is 1.59. The number of nitrogens with zero attached hydrogens (tertiary/aromatic N) is 4. The standard InChI is InChI=1S/C11H8N4O/c16-15-9-2-1-5-13-10(9)14-11(15)8-3-6-12-7-4-8/h1-7,16H. The van der Waals surface area contributed by atoms with Gasteiger partial charge in [0.1, 0.15) is 5.52 Å². The van der Waals surface area contributed by atoms with Crippen molar-refractivity contribution in [2.45, 2.75) is 0 Å². The molecule has 0 saturated heterocycles. The molecular formula is C11H8N4O. The Morgan fingerprint density at radius 3 is 2.62 bits per heavy atom. The van der Waals surface area contributed by atoms with Crippen LogP contribution in [0.4, 0.5) is 0 Å². The summed E-state index contributed by atoms with van der Waals surface area (Å²) < 4.78 is 1.04. The third-order valence-electron chi connectivity index (χ3n) is 2.35. The molecule has 3 rings (SSSR count). The molecule has 0 aliphatic heterocycles. The minimum atomic E-state index is 0.469. The summed E-state index contributed by atoms with van der Waals surface area (Å²) in [6.45, 7) is 0. The smallest absolute Gasteiger partial charge is 0.181 e. The summed E-state index contributed by atoms with van der Waals surface area (Å²) in [5.74, 6) is 0.469. The van der Waals surface area contributed by atoms with Crippen LogP contribution in [0.25, 0.3) is 22.6 Å². The molecule has 78 valence electrons. The van der Waals surface area contributed by atoms with Crippen molar-refractivity contribution < 1.29 is 5.21 Å². The minimum Gasteiger partial charge on any atom is -0.426 e. The highest BCUT2D eigenvalue weighted by Crippen LogP contribution is 2.20. The van der Waals surface area contributed by atoms with Crippen LogP contribution < -0.4 is 0 Å². The van der Waals surface area contributed by atoms with E-state index in [0.717, 1.165) is 10.3 Å². The SMILES string of the molecule is On1c(-c2ccncc2)nc2ncccc21. The molecule has 16 heavy (non-hydrogen) atoms. The number of imidazole rings is 1. The van der Waals surface area contributed by atoms with Gasteiger partial charge < -0.3 is 5.21 Å². The molecule has 0 unspecified atom stereocenters. The average molecular weight is 212 g/mol. The van der Waals surface area contributed by atoms with Crippen LogP contribution in [0.3, 0.4) is 0 Å². The van der Waals surface area contributed by atoms with Gasteiger partial charge in [-0.15, -0.1) is 0 Å². The number of hydrogen-bond acceptors (Lipinski definition) is 4. The average Bonchev–Trinajstić information content (AvgIpc) is 2.69. The third kappa shape index (κ3) is 1.22. The predicted molar refractivity (Wildman–Crippen MR) is 57.9 cm³/mol. The lowest BCUT2D eigenvalue weighted by molar-refractivity contribution is 0.203. The molecule has 3 aromatic heterocycles. The molecule has 0 amide bonds. The van der Waals surface area contributed by atoms with E-state index in [2.05, 4.69) is 15.0 Å². The fraction of sp³-hybridized carbons (Fsp3) is 0. The van der Waals surface area contributed by atoms with Gasteiger partial charge in [0.05, 0.1) is 0 Å². The van der Waals surface area contributed by atoms with Gasteiger partial charge >= 0.3 is 0 Å². The van der Waals surface area contributed by atoms with E-state index >= 15 is 0 Å². The fourth-order valence-electron chi connectivity index (χ4n) is 1.59. The molecule has 5 heteroatoms. The van der Waals surface area contributed by atoms with Crippen molar-refractivity contribution in [1.82, 2.24) is 19.7 Å². The lowest BCUT2D eigenvalue weighted by Crippen LogP contribution is -1.93. The van der Waals surface area contributed by atoms with Crippen LogP contribution in [0.5, 0.6) is 0 Å². The Hall–Kier alpha value is -2.43. The van der Waals surface area contributed by atoms with Crippen LogP contribution in [0.1, 0.15) is 0 Å². The Morgan fingerprint density at radius 1 is 1.06 bits per heavy atom. The monoisotopic (exact) mass is 212 g/mol. The van der Waals surface area contributed by atoms with E-state index in [-0.39, 0.29) is 0 Å². The summed E-state index contributed by atoms with van der Waals surface area (Å²) in [4.78, 5) is 12.3. The molecule has 1 N–H and O–H groups in total. The lowest BCUT2D eigenvalue weighted by Gasteiger charge is -1.99. The summed E-state index contributed by atoms with van der Waals surface area (Å²) in [6.07, 6.45) is 4.95. The van der Waals surface area contributed by atoms with Crippen LogP contribution in [0.15, 0.2) is 42.9 Å². The zero-order valence-electron chi connectivity index (χ0n) is 8.28. The first kappa shape index (κ1) is 8.84. The Bertz CT molecular complexity index is 633. The second kappa shape index (κ2) is 3.30. The Balaban J connectivity index is 2.29. The van der Waals surface area contributed by atoms with Crippen molar-refractivity contribution in [3.63, 3.8) is 0 Å². The van der Waals surface area contributed by atoms with Crippen molar-refractivity contribution in [1.29, 1.82) is 0 Å². The Labute approximate surface area is 91.0 Å². The maximum absolute atomic E-state index is 9.94. The molecule has 5 nitrogen and oxygen atoms in total. The van der Waals surface area contributed by atoms with E-state index in [1.165, 1.54) is 0 Å². The molecule has 0 bridgehead atoms. The van der Waals surface area contributed by atoms with Gasteiger partial charge in [0.2, 0.25) is 0 Å². The molecule has 0 atom stereocenters. The summed E-state index contributed by atoms with van der Waals surface area (Å²) in [5.41, 5.74) is 1.92. The summed E-state index contributed by atoms with van der Waals surface area (Å²) in [7, 11) is 0. The van der Waals surface area contributed by atoms with E-state index in [0.29, 0.717) is 17.0 Å². The first-order valence-corrected chi connectivity index (χ1v) is 4.79. The second-order valence-corrected chi connectivity index (χ2v) is 3.33. The van der Waals surface area contributed by atoms with E-state index in [1.807, 2.05) is 0 Å². The van der Waals surface area contributed by atoms with Crippen molar-refractivity contribution >= 4 is 11.2 Å². The maximum atomic E-state index is 9.94. The number of aromatic nitrogens is 4. The predicted octanol–water partition coefficient (Wildman–Crippen LogP) is 1.73. The summed E-state index contributed by atoms with van der Waals surface area (Å²) in [6, 6.07) is 7.09. The molecule has 0 aromatic carbocycles. The Kier molecular flexibility index (Phi) is 1.83. The Morgan fingerprint density at radius 2 is 1.88 bits per heavy atom. The van der Waals surface area contributed by atoms with E-state index in [4.69, 9.17) is 0 Å². The van der Waals surface area contributed by atoms with Crippen LogP contribution in [0.2, 0.25) is 0 Å². The van der Waals surface area contributed by atoms with Crippen molar-refractivity contribution in [2.24, 2.45) is 0 Å². The minimum absolute atomic E-state index is 0.469. The molecule has 0 aliphatic carbocycles. The van der Waals surface area contributed by atoms with Gasteiger partial charge in [-0.1, -0.05) is 0 Å². The highest BCUT2D eigenvalue weighted by atomic mass is 16.5. The second-order valence-electron chi connectivity index (χ2n) is 3.33. The molecule has 0 radical (unpaired) electrons. The number of pyridine rings is 2. The zero-order chi connectivity index (χ0) is 11.0. The van der Waals surface area contributed by atoms with Crippen molar-refractivity contribution in [2.75, 3.05) is 0 Å². The summed E-state index contributed by atoms with van der Waals surface area (Å²) in [5, 5.41) is 9.94.